The van der Waals surface area contributed by atoms with Crippen LogP contribution in [-0.4, -0.2) is 53.0 Å². The number of rotatable bonds is 3. The van der Waals surface area contributed by atoms with Crippen LogP contribution in [0.4, 0.5) is 0 Å². The standard InChI is InChI=1S/C21H23N3O5/c25-19-11-14-13-27-8-6-17(14)22-24(19)12-15-3-2-7-23(15)21(26)16-4-1-5-18-20(16)29-10-9-28-18/h1,4-5,11,15H,2-3,6-10,12-13H2. The Morgan fingerprint density at radius 3 is 3.03 bits per heavy atom. The van der Waals surface area contributed by atoms with Gasteiger partial charge in [-0.1, -0.05) is 6.07 Å². The van der Waals surface area contributed by atoms with Crippen molar-refractivity contribution in [3.63, 3.8) is 0 Å². The molecule has 3 aliphatic heterocycles. The average molecular weight is 397 g/mol. The highest BCUT2D eigenvalue weighted by molar-refractivity contribution is 5.98. The Morgan fingerprint density at radius 2 is 2.10 bits per heavy atom. The molecule has 8 nitrogen and oxygen atoms in total. The third-order valence-corrected chi connectivity index (χ3v) is 5.72. The lowest BCUT2D eigenvalue weighted by Crippen LogP contribution is -2.41. The second-order valence-corrected chi connectivity index (χ2v) is 7.56. The molecule has 0 radical (unpaired) electrons. The van der Waals surface area contributed by atoms with Crippen molar-refractivity contribution in [1.82, 2.24) is 14.7 Å². The number of ether oxygens (including phenoxy) is 3. The molecule has 1 unspecified atom stereocenters. The van der Waals surface area contributed by atoms with E-state index in [1.54, 1.807) is 12.1 Å². The van der Waals surface area contributed by atoms with Gasteiger partial charge in [0.25, 0.3) is 11.5 Å². The fraction of sp³-hybridized carbons (Fsp3) is 0.476. The molecule has 0 spiro atoms. The normalized spacial score (nSPS) is 20.4. The lowest BCUT2D eigenvalue weighted by molar-refractivity contribution is 0.0709. The first-order valence-electron chi connectivity index (χ1n) is 10.1. The molecule has 1 aromatic heterocycles. The van der Waals surface area contributed by atoms with Crippen molar-refractivity contribution in [3.05, 3.63) is 51.4 Å². The van der Waals surface area contributed by atoms with E-state index in [0.717, 1.165) is 24.1 Å². The van der Waals surface area contributed by atoms with Crippen LogP contribution in [0.5, 0.6) is 11.5 Å². The Kier molecular flexibility index (Phi) is 4.71. The molecular formula is C21H23N3O5. The number of carbonyl (C=O) groups is 1. The van der Waals surface area contributed by atoms with E-state index in [-0.39, 0.29) is 17.5 Å². The molecule has 1 aromatic carbocycles. The van der Waals surface area contributed by atoms with Crippen LogP contribution in [0.3, 0.4) is 0 Å². The number of hydrogen-bond donors (Lipinski definition) is 0. The van der Waals surface area contributed by atoms with Gasteiger partial charge in [0.2, 0.25) is 0 Å². The highest BCUT2D eigenvalue weighted by Gasteiger charge is 2.33. The van der Waals surface area contributed by atoms with Crippen molar-refractivity contribution in [2.45, 2.75) is 38.5 Å². The first-order chi connectivity index (χ1) is 14.2. The van der Waals surface area contributed by atoms with Gasteiger partial charge in [-0.15, -0.1) is 0 Å². The Balaban J connectivity index is 1.40. The van der Waals surface area contributed by atoms with E-state index < -0.39 is 0 Å². The van der Waals surface area contributed by atoms with E-state index in [0.29, 0.717) is 63.0 Å². The number of likely N-dealkylation sites (tertiary alicyclic amines) is 1. The van der Waals surface area contributed by atoms with Crippen LogP contribution >= 0.6 is 0 Å². The van der Waals surface area contributed by atoms with Crippen LogP contribution < -0.4 is 15.0 Å². The van der Waals surface area contributed by atoms with Gasteiger partial charge < -0.3 is 19.1 Å². The van der Waals surface area contributed by atoms with Crippen molar-refractivity contribution in [2.24, 2.45) is 0 Å². The van der Waals surface area contributed by atoms with Crippen LogP contribution in [0.15, 0.2) is 29.1 Å². The van der Waals surface area contributed by atoms with Crippen molar-refractivity contribution in [1.29, 1.82) is 0 Å². The maximum atomic E-state index is 13.3. The first kappa shape index (κ1) is 18.2. The minimum atomic E-state index is -0.151. The molecule has 0 bridgehead atoms. The number of carbonyl (C=O) groups excluding carboxylic acids is 1. The number of aromatic nitrogens is 2. The molecular weight excluding hydrogens is 374 g/mol. The van der Waals surface area contributed by atoms with Crippen LogP contribution in [0.25, 0.3) is 0 Å². The fourth-order valence-corrected chi connectivity index (χ4v) is 4.27. The van der Waals surface area contributed by atoms with Crippen LogP contribution in [0, 0.1) is 0 Å². The van der Waals surface area contributed by atoms with Crippen molar-refractivity contribution in [2.75, 3.05) is 26.4 Å². The summed E-state index contributed by atoms with van der Waals surface area (Å²) in [5.74, 6) is 1.03. The monoisotopic (exact) mass is 397 g/mol. The topological polar surface area (TPSA) is 82.9 Å². The van der Waals surface area contributed by atoms with E-state index in [9.17, 15) is 9.59 Å². The van der Waals surface area contributed by atoms with Gasteiger partial charge in [-0.05, 0) is 25.0 Å². The van der Waals surface area contributed by atoms with Gasteiger partial charge in [0, 0.05) is 24.6 Å². The minimum absolute atomic E-state index is 0.0778. The predicted octanol–water partition coefficient (Wildman–Crippen LogP) is 1.39. The fourth-order valence-electron chi connectivity index (χ4n) is 4.27. The van der Waals surface area contributed by atoms with Crippen LogP contribution in [0.1, 0.15) is 34.5 Å². The molecule has 1 amide bonds. The number of nitrogens with zero attached hydrogens (tertiary/aromatic N) is 3. The number of benzene rings is 1. The summed E-state index contributed by atoms with van der Waals surface area (Å²) in [6.45, 7) is 3.02. The predicted molar refractivity (Wildman–Crippen MR) is 103 cm³/mol. The SMILES string of the molecule is O=C(c1cccc2c1OCCO2)N1CCCC1Cn1nc2c(cc1=O)COCC2. The summed E-state index contributed by atoms with van der Waals surface area (Å²) in [5, 5.41) is 4.55. The summed E-state index contributed by atoms with van der Waals surface area (Å²) in [4.78, 5) is 27.7. The highest BCUT2D eigenvalue weighted by Crippen LogP contribution is 2.35. The summed E-state index contributed by atoms with van der Waals surface area (Å²) in [5.41, 5.74) is 2.14. The van der Waals surface area contributed by atoms with Crippen LogP contribution in [0.2, 0.25) is 0 Å². The molecule has 0 N–H and O–H groups in total. The van der Waals surface area contributed by atoms with Gasteiger partial charge in [0.15, 0.2) is 11.5 Å². The molecule has 1 atom stereocenters. The molecule has 0 aliphatic carbocycles. The van der Waals surface area contributed by atoms with Gasteiger partial charge in [0.05, 0.1) is 37.1 Å². The van der Waals surface area contributed by atoms with Gasteiger partial charge in [-0.2, -0.15) is 5.10 Å². The van der Waals surface area contributed by atoms with E-state index in [1.165, 1.54) is 4.68 Å². The van der Waals surface area contributed by atoms with Gasteiger partial charge in [-0.3, -0.25) is 9.59 Å². The maximum absolute atomic E-state index is 13.3. The summed E-state index contributed by atoms with van der Waals surface area (Å²) in [7, 11) is 0. The number of para-hydroxylation sites is 1. The van der Waals surface area contributed by atoms with Gasteiger partial charge >= 0.3 is 0 Å². The number of amides is 1. The zero-order valence-electron chi connectivity index (χ0n) is 16.1. The van der Waals surface area contributed by atoms with Crippen molar-refractivity contribution < 1.29 is 19.0 Å². The minimum Gasteiger partial charge on any atom is -0.486 e. The average Bonchev–Trinajstić information content (AvgIpc) is 3.21. The van der Waals surface area contributed by atoms with Gasteiger partial charge in [0.1, 0.15) is 13.2 Å². The lowest BCUT2D eigenvalue weighted by Gasteiger charge is -2.27. The first-order valence-corrected chi connectivity index (χ1v) is 10.1. The Hall–Kier alpha value is -2.87. The zero-order valence-corrected chi connectivity index (χ0v) is 16.1. The van der Waals surface area contributed by atoms with Crippen molar-refractivity contribution >= 4 is 5.91 Å². The second kappa shape index (κ2) is 7.51. The summed E-state index contributed by atoms with van der Waals surface area (Å²) >= 11 is 0. The van der Waals surface area contributed by atoms with E-state index in [4.69, 9.17) is 14.2 Å². The molecule has 1 saturated heterocycles. The Morgan fingerprint density at radius 1 is 1.21 bits per heavy atom. The largest absolute Gasteiger partial charge is 0.486 e. The van der Waals surface area contributed by atoms with Crippen molar-refractivity contribution in [3.8, 4) is 11.5 Å². The molecule has 0 saturated carbocycles. The van der Waals surface area contributed by atoms with E-state index >= 15 is 0 Å². The van der Waals surface area contributed by atoms with E-state index in [2.05, 4.69) is 5.10 Å². The van der Waals surface area contributed by atoms with Crippen LogP contribution in [-0.2, 0) is 24.3 Å². The van der Waals surface area contributed by atoms with Gasteiger partial charge in [-0.25, -0.2) is 4.68 Å². The summed E-state index contributed by atoms with van der Waals surface area (Å²) in [6, 6.07) is 6.93. The van der Waals surface area contributed by atoms with E-state index in [1.807, 2.05) is 17.0 Å². The maximum Gasteiger partial charge on any atom is 0.267 e. The molecule has 29 heavy (non-hydrogen) atoms. The third kappa shape index (κ3) is 3.37. The molecule has 5 rings (SSSR count). The Labute approximate surface area is 168 Å². The third-order valence-electron chi connectivity index (χ3n) is 5.72. The molecule has 4 heterocycles. The lowest BCUT2D eigenvalue weighted by atomic mass is 10.1. The zero-order chi connectivity index (χ0) is 19.8. The smallest absolute Gasteiger partial charge is 0.267 e. The number of hydrogen-bond acceptors (Lipinski definition) is 6. The quantitative estimate of drug-likeness (QED) is 0.779. The second-order valence-electron chi connectivity index (χ2n) is 7.56. The molecule has 8 heteroatoms. The molecule has 1 fully saturated rings. The summed E-state index contributed by atoms with van der Waals surface area (Å²) in [6.07, 6.45) is 2.44. The summed E-state index contributed by atoms with van der Waals surface area (Å²) < 4.78 is 18.2. The highest BCUT2D eigenvalue weighted by atomic mass is 16.6. The molecule has 152 valence electrons. The molecule has 2 aromatic rings. The molecule has 3 aliphatic rings. The Bertz CT molecular complexity index is 1000. The number of fused-ring (bicyclic) bond motifs is 2.